The van der Waals surface area contributed by atoms with Crippen LogP contribution in [0, 0.1) is 20.2 Å². The molecule has 35 heteroatoms. The molecule has 0 unspecified atom stereocenters. The van der Waals surface area contributed by atoms with E-state index >= 15 is 0 Å². The number of rotatable bonds is 25. The lowest BCUT2D eigenvalue weighted by Crippen LogP contribution is -2.51. The van der Waals surface area contributed by atoms with E-state index in [-0.39, 0.29) is 104 Å². The van der Waals surface area contributed by atoms with Crippen molar-refractivity contribution in [2.24, 2.45) is 0 Å². The van der Waals surface area contributed by atoms with Gasteiger partial charge in [-0.15, -0.1) is 22.7 Å². The number of alkyl carbamates (subject to hydrolysis) is 2. The molecule has 2 aromatic heterocycles. The molecule has 107 heavy (non-hydrogen) atoms. The van der Waals surface area contributed by atoms with Crippen LogP contribution in [-0.2, 0) is 38.4 Å². The number of anilines is 2. The number of nitrogens with zero attached hydrogens (tertiary/aromatic N) is 4. The summed E-state index contributed by atoms with van der Waals surface area (Å²) in [5, 5.41) is 31.4. The van der Waals surface area contributed by atoms with Crippen LogP contribution >= 0.6 is 34.3 Å². The van der Waals surface area contributed by atoms with E-state index in [2.05, 4.69) is 103 Å². The number of nitrogens with two attached hydrogens (primary N) is 1. The van der Waals surface area contributed by atoms with Gasteiger partial charge in [-0.25, -0.2) is 55.4 Å². The van der Waals surface area contributed by atoms with E-state index in [1.54, 1.807) is 64.4 Å². The largest absolute Gasteiger partial charge is 0.447 e. The van der Waals surface area contributed by atoms with Gasteiger partial charge in [0.25, 0.3) is 11.4 Å². The summed E-state index contributed by atoms with van der Waals surface area (Å²) < 4.78 is 94.6. The lowest BCUT2D eigenvalue weighted by molar-refractivity contribution is -0.385. The first-order valence-electron chi connectivity index (χ1n) is 35.1. The number of halogens is 1. The molecule has 0 aliphatic heterocycles. The number of hydrogen-bond donors (Lipinski definition) is 6. The van der Waals surface area contributed by atoms with Gasteiger partial charge in [0.2, 0.25) is 20.0 Å². The van der Waals surface area contributed by atoms with Gasteiger partial charge in [0.15, 0.2) is 16.6 Å². The molecule has 28 nitrogen and oxygen atoms in total. The third-order valence-corrected chi connectivity index (χ3v) is 33.3. The van der Waals surface area contributed by atoms with Gasteiger partial charge in [-0.05, 0) is 192 Å². The lowest BCUT2D eigenvalue weighted by Gasteiger charge is -2.39. The number of nitrogens with one attached hydrogen (secondary N) is 5. The number of nitro benzene ring substituents is 2. The fourth-order valence-electron chi connectivity index (χ4n) is 10.7. The average Bonchev–Trinajstić information content (AvgIpc) is 0.963. The third kappa shape index (κ3) is 26.9. The molecule has 7 N–H and O–H groups in total. The minimum absolute atomic E-state index is 0.0101. The van der Waals surface area contributed by atoms with Gasteiger partial charge in [0.05, 0.1) is 64.8 Å². The fraction of sp³-hybridized carbons (Fsp3) is 0.528. The van der Waals surface area contributed by atoms with Crippen molar-refractivity contribution < 1.29 is 73.7 Å². The van der Waals surface area contributed by atoms with Crippen LogP contribution in [0.1, 0.15) is 170 Å². The Bertz CT molecular complexity index is 4300. The lowest BCUT2D eigenvalue weighted by atomic mass is 9.86. The summed E-state index contributed by atoms with van der Waals surface area (Å²) in [6, 6.07) is 19.6. The summed E-state index contributed by atoms with van der Waals surface area (Å²) in [4.78, 5) is 78.1. The van der Waals surface area contributed by atoms with Crippen LogP contribution in [0.15, 0.2) is 107 Å². The first-order chi connectivity index (χ1) is 49.4. The number of nitrogen functional groups attached to an aromatic ring is 1. The van der Waals surface area contributed by atoms with Gasteiger partial charge >= 0.3 is 23.7 Å². The predicted molar refractivity (Wildman–Crippen MR) is 422 cm³/mol. The molecular formula is C72H103ClN10O18S4Si2. The Morgan fingerprint density at radius 3 is 1.28 bits per heavy atom. The number of thiazole rings is 2. The van der Waals surface area contributed by atoms with E-state index in [1.165, 1.54) is 83.3 Å². The van der Waals surface area contributed by atoms with Crippen molar-refractivity contribution in [3.05, 3.63) is 128 Å². The van der Waals surface area contributed by atoms with Crippen LogP contribution in [-0.4, -0.2) is 126 Å². The van der Waals surface area contributed by atoms with Crippen molar-refractivity contribution >= 4 is 117 Å². The molecule has 3 amide bonds. The Balaban J connectivity index is 0.000000292. The van der Waals surface area contributed by atoms with Crippen LogP contribution in [0.4, 0.5) is 41.9 Å². The Morgan fingerprint density at radius 2 is 0.925 bits per heavy atom. The van der Waals surface area contributed by atoms with Crippen LogP contribution < -0.4 is 40.6 Å². The van der Waals surface area contributed by atoms with Crippen molar-refractivity contribution in [2.45, 2.75) is 242 Å². The number of amides is 3. The number of ether oxygens (including phenoxy) is 4. The molecule has 2 saturated carbocycles. The number of hydrogen-bond acceptors (Lipinski definition) is 23. The maximum atomic E-state index is 14.3. The Labute approximate surface area is 642 Å². The number of carbonyl (C=O) groups is 4. The van der Waals surface area contributed by atoms with Gasteiger partial charge in [0, 0.05) is 106 Å². The number of carbonyl (C=O) groups excluding carboxylic acids is 4. The van der Waals surface area contributed by atoms with Crippen LogP contribution in [0.3, 0.4) is 0 Å². The number of non-ortho nitro benzene ring substituents is 2. The summed E-state index contributed by atoms with van der Waals surface area (Å²) in [6.07, 6.45) is 7.93. The van der Waals surface area contributed by atoms with E-state index < -0.39 is 75.2 Å². The fourth-order valence-corrected chi connectivity index (χ4v) is 18.7. The van der Waals surface area contributed by atoms with E-state index in [0.717, 1.165) is 66.3 Å². The maximum Gasteiger partial charge on any atom is 0.417 e. The molecule has 2 heterocycles. The zero-order valence-corrected chi connectivity index (χ0v) is 70.0. The number of sulfonamides is 2. The molecule has 0 spiro atoms. The molecule has 0 saturated heterocycles. The van der Waals surface area contributed by atoms with Crippen molar-refractivity contribution in [3.8, 4) is 32.4 Å². The van der Waals surface area contributed by atoms with Gasteiger partial charge in [-0.2, -0.15) is 0 Å². The van der Waals surface area contributed by atoms with E-state index in [4.69, 9.17) is 45.4 Å². The molecular weight excluding hydrogens is 1510 g/mol. The van der Waals surface area contributed by atoms with Crippen LogP contribution in [0.25, 0.3) is 20.9 Å². The first kappa shape index (κ1) is 88.4. The number of nitro groups is 2. The molecule has 588 valence electrons. The maximum absolute atomic E-state index is 14.3. The molecule has 2 fully saturated rings. The second-order valence-corrected chi connectivity index (χ2v) is 46.7. The molecule has 0 atom stereocenters. The summed E-state index contributed by atoms with van der Waals surface area (Å²) in [7, 11) is -12.4. The number of benzene rings is 4. The highest BCUT2D eigenvalue weighted by atomic mass is 35.5. The summed E-state index contributed by atoms with van der Waals surface area (Å²) >= 11 is 7.84. The molecule has 8 rings (SSSR count). The Kier molecular flexibility index (Phi) is 30.4. The Morgan fingerprint density at radius 1 is 0.561 bits per heavy atom. The third-order valence-electron chi connectivity index (χ3n) is 18.4. The zero-order valence-electron chi connectivity index (χ0n) is 64.0. The molecule has 2 aliphatic rings. The first-order valence-corrected chi connectivity index (χ1v) is 45.8. The monoisotopic (exact) mass is 1610 g/mol. The quantitative estimate of drug-likeness (QED) is 0.0102. The van der Waals surface area contributed by atoms with Gasteiger partial charge in [-0.3, -0.25) is 25.5 Å². The molecule has 4 aromatic carbocycles. The predicted octanol–water partition coefficient (Wildman–Crippen LogP) is 17.5. The topological polar surface area (TPSA) is 390 Å². The van der Waals surface area contributed by atoms with E-state index in [1.807, 2.05) is 27.7 Å². The summed E-state index contributed by atoms with van der Waals surface area (Å²) in [6.45, 7) is 36.2. The summed E-state index contributed by atoms with van der Waals surface area (Å²) in [5.41, 5.74) is 4.54. The van der Waals surface area contributed by atoms with E-state index in [0.29, 0.717) is 21.7 Å². The minimum atomic E-state index is -4.22. The Hall–Kier alpha value is -7.52. The minimum Gasteiger partial charge on any atom is -0.447 e. The highest BCUT2D eigenvalue weighted by Gasteiger charge is 2.42. The van der Waals surface area contributed by atoms with Gasteiger partial charge in [0.1, 0.15) is 11.5 Å². The smallest absolute Gasteiger partial charge is 0.417 e. The second-order valence-electron chi connectivity index (χ2n) is 31.3. The average molecular weight is 1620 g/mol. The SMILES string of the molecule is CC(C)OC(=O)NC1CCC(c2ncc(-c3ccc(N)cc3S(=O)(=O)NC(C)(C)CO[Si](C)(C)C(C)(C)C)s2)CC1.CC(C)OC(=O)NC1CCC(c2ncc(-c3ccc(NC(=O)Oc4ccc([N+](=O)[O-])cc4)cc3S(=O)(=O)NC(C)(C)CO[Si](C)(C)C(C)(C)C)s2)CC1.O=C(Cl)Oc1ccc([N+](=O)[O-])cc1. The van der Waals surface area contributed by atoms with Crippen molar-refractivity contribution in [1.29, 1.82) is 0 Å². The van der Waals surface area contributed by atoms with E-state index in [9.17, 15) is 56.2 Å². The normalized spacial score (nSPS) is 16.8. The second kappa shape index (κ2) is 36.8. The van der Waals surface area contributed by atoms with Gasteiger partial charge in [-0.1, -0.05) is 53.7 Å². The number of aromatic nitrogens is 2. The van der Waals surface area contributed by atoms with Crippen LogP contribution in [0.2, 0.25) is 36.3 Å². The van der Waals surface area contributed by atoms with Crippen molar-refractivity contribution in [3.63, 3.8) is 0 Å². The summed E-state index contributed by atoms with van der Waals surface area (Å²) in [5.74, 6) is 0.643. The zero-order chi connectivity index (χ0) is 80.0. The van der Waals surface area contributed by atoms with Gasteiger partial charge < -0.3 is 44.2 Å². The highest BCUT2D eigenvalue weighted by Crippen LogP contribution is 2.44. The molecule has 0 radical (unpaired) electrons. The van der Waals surface area contributed by atoms with Crippen molar-refractivity contribution in [2.75, 3.05) is 24.3 Å². The standard InChI is InChI=1S/C36H51N5O9S2Si.C29H48N4O5S2Si.C7H4ClNO4/c1-23(2)49-33(42)38-25-12-10-24(11-13-25)32-37-21-30(51-32)29-19-14-26(39-34(43)50-28-17-15-27(16-18-28)41(44)45)20-31(29)52(46,47)40-36(6,7)22-48-53(8,9)35(3,4)5;1-19(2)38-27(34)32-22-13-10-20(11-14-22)26-31-17-24(39-26)23-15-12-21(30)16-25(23)40(35,36)33-29(6,7)18-37-41(8,9)28(3,4)5;8-7(10)13-6-3-1-5(2-4-6)9(11)12/h14-21,23-25,40H,10-13,22H2,1-9H3,(H,38,42)(H,39,43);12,15-17,19-20,22,33H,10-11,13-14,18,30H2,1-9H3,(H,32,34);1-4H. The van der Waals surface area contributed by atoms with Crippen LogP contribution in [0.5, 0.6) is 11.5 Å². The highest BCUT2D eigenvalue weighted by molar-refractivity contribution is 7.90. The molecule has 0 bridgehead atoms. The molecule has 2 aliphatic carbocycles. The molecule has 6 aromatic rings. The van der Waals surface area contributed by atoms with Crippen molar-refractivity contribution in [1.82, 2.24) is 30.0 Å².